The van der Waals surface area contributed by atoms with Crippen LogP contribution in [0.15, 0.2) is 60.8 Å². The normalized spacial score (nSPS) is 10.4. The number of nitrogens with zero attached hydrogens (tertiary/aromatic N) is 1. The molecule has 138 valence electrons. The fraction of sp³-hybridized carbons (Fsp3) is 0.150. The zero-order valence-electron chi connectivity index (χ0n) is 14.8. The lowest BCUT2D eigenvalue weighted by molar-refractivity contribution is -0.114. The third-order valence-corrected chi connectivity index (χ3v) is 4.69. The molecule has 1 heterocycles. The van der Waals surface area contributed by atoms with Crippen molar-refractivity contribution in [1.82, 2.24) is 4.98 Å². The third-order valence-electron chi connectivity index (χ3n) is 3.76. The summed E-state index contributed by atoms with van der Waals surface area (Å²) in [6, 6.07) is 16.4. The van der Waals surface area contributed by atoms with Gasteiger partial charge in [0.1, 0.15) is 5.75 Å². The number of benzene rings is 2. The van der Waals surface area contributed by atoms with Gasteiger partial charge in [0.2, 0.25) is 11.8 Å². The minimum absolute atomic E-state index is 0.159. The number of hydrogen-bond donors (Lipinski definition) is 2. The van der Waals surface area contributed by atoms with Crippen molar-refractivity contribution in [2.75, 3.05) is 29.2 Å². The molecule has 0 bridgehead atoms. The summed E-state index contributed by atoms with van der Waals surface area (Å²) in [5.41, 5.74) is 2.23. The second kappa shape index (κ2) is 9.05. The van der Waals surface area contributed by atoms with Crippen LogP contribution in [0.25, 0.3) is 10.9 Å². The number of thioether (sulfide) groups is 1. The Kier molecular flexibility index (Phi) is 6.27. The van der Waals surface area contributed by atoms with Crippen LogP contribution in [0.4, 0.5) is 11.4 Å². The number of anilines is 2. The summed E-state index contributed by atoms with van der Waals surface area (Å²) in [7, 11) is 1.59. The number of hydrogen-bond acceptors (Lipinski definition) is 5. The highest BCUT2D eigenvalue weighted by Crippen LogP contribution is 2.21. The first-order chi connectivity index (χ1) is 13.2. The lowest BCUT2D eigenvalue weighted by Gasteiger charge is -2.08. The average molecular weight is 381 g/mol. The molecule has 0 saturated carbocycles. The quantitative estimate of drug-likeness (QED) is 0.654. The maximum atomic E-state index is 12.2. The van der Waals surface area contributed by atoms with Crippen molar-refractivity contribution in [3.05, 3.63) is 60.8 Å². The molecule has 6 nitrogen and oxygen atoms in total. The van der Waals surface area contributed by atoms with Crippen LogP contribution >= 0.6 is 11.8 Å². The Morgan fingerprint density at radius 2 is 1.70 bits per heavy atom. The van der Waals surface area contributed by atoms with Crippen LogP contribution in [-0.4, -0.2) is 35.4 Å². The lowest BCUT2D eigenvalue weighted by Crippen LogP contribution is -2.18. The highest BCUT2D eigenvalue weighted by atomic mass is 32.2. The van der Waals surface area contributed by atoms with Gasteiger partial charge >= 0.3 is 0 Å². The average Bonchev–Trinajstić information content (AvgIpc) is 2.69. The highest BCUT2D eigenvalue weighted by molar-refractivity contribution is 8.00. The third kappa shape index (κ3) is 5.21. The molecule has 2 N–H and O–H groups in total. The van der Waals surface area contributed by atoms with Crippen molar-refractivity contribution >= 4 is 45.9 Å². The van der Waals surface area contributed by atoms with E-state index in [0.29, 0.717) is 11.4 Å². The van der Waals surface area contributed by atoms with Crippen LogP contribution in [0.5, 0.6) is 5.75 Å². The number of methoxy groups -OCH3 is 1. The molecule has 0 aliphatic carbocycles. The second-order valence-corrected chi connectivity index (χ2v) is 6.68. The molecule has 2 amide bonds. The minimum Gasteiger partial charge on any atom is -0.497 e. The van der Waals surface area contributed by atoms with E-state index in [9.17, 15) is 9.59 Å². The van der Waals surface area contributed by atoms with Gasteiger partial charge in [0.15, 0.2) is 0 Å². The maximum absolute atomic E-state index is 12.2. The van der Waals surface area contributed by atoms with Crippen LogP contribution in [0.1, 0.15) is 0 Å². The molecule has 0 radical (unpaired) electrons. The topological polar surface area (TPSA) is 80.3 Å². The summed E-state index contributed by atoms with van der Waals surface area (Å²) in [5.74, 6) is 0.784. The molecule has 0 unspecified atom stereocenters. The second-order valence-electron chi connectivity index (χ2n) is 5.69. The van der Waals surface area contributed by atoms with Gasteiger partial charge in [0, 0.05) is 17.3 Å². The molecule has 27 heavy (non-hydrogen) atoms. The van der Waals surface area contributed by atoms with Gasteiger partial charge in [0.05, 0.1) is 29.8 Å². The number of aromatic nitrogens is 1. The summed E-state index contributed by atoms with van der Waals surface area (Å²) in [6.07, 6.45) is 1.71. The van der Waals surface area contributed by atoms with Gasteiger partial charge < -0.3 is 15.4 Å². The van der Waals surface area contributed by atoms with Crippen LogP contribution in [0.3, 0.4) is 0 Å². The summed E-state index contributed by atoms with van der Waals surface area (Å²) in [5, 5.41) is 6.55. The van der Waals surface area contributed by atoms with Gasteiger partial charge in [-0.25, -0.2) is 0 Å². The van der Waals surface area contributed by atoms with Gasteiger partial charge in [0.25, 0.3) is 0 Å². The Morgan fingerprint density at radius 3 is 2.44 bits per heavy atom. The first kappa shape index (κ1) is 18.7. The van der Waals surface area contributed by atoms with Crippen molar-refractivity contribution < 1.29 is 14.3 Å². The van der Waals surface area contributed by atoms with Crippen LogP contribution < -0.4 is 15.4 Å². The Hall–Kier alpha value is -3.06. The molecular weight excluding hydrogens is 362 g/mol. The molecular formula is C20H19N3O3S. The van der Waals surface area contributed by atoms with E-state index in [-0.39, 0.29) is 23.3 Å². The van der Waals surface area contributed by atoms with E-state index >= 15 is 0 Å². The lowest BCUT2D eigenvalue weighted by atomic mass is 10.2. The van der Waals surface area contributed by atoms with E-state index in [1.54, 1.807) is 37.6 Å². The number of amides is 2. The van der Waals surface area contributed by atoms with Gasteiger partial charge in [-0.1, -0.05) is 6.07 Å². The van der Waals surface area contributed by atoms with E-state index in [1.807, 2.05) is 30.3 Å². The van der Waals surface area contributed by atoms with Crippen molar-refractivity contribution in [2.24, 2.45) is 0 Å². The summed E-state index contributed by atoms with van der Waals surface area (Å²) < 4.78 is 5.08. The molecule has 2 aromatic carbocycles. The van der Waals surface area contributed by atoms with E-state index in [0.717, 1.165) is 16.7 Å². The minimum atomic E-state index is -0.160. The molecule has 3 aromatic rings. The fourth-order valence-electron chi connectivity index (χ4n) is 2.51. The number of carbonyl (C=O) groups excluding carboxylic acids is 2. The number of rotatable bonds is 7. The van der Waals surface area contributed by atoms with Gasteiger partial charge in [-0.3, -0.25) is 14.6 Å². The van der Waals surface area contributed by atoms with Gasteiger partial charge in [-0.05, 0) is 48.5 Å². The molecule has 0 fully saturated rings. The molecule has 1 aromatic heterocycles. The number of fused-ring (bicyclic) bond motifs is 1. The standard InChI is InChI=1S/C20H19N3O3S/c1-26-15-9-7-14(8-10-15)22-19(24)12-27-13-20(25)23-18-6-2-5-17-16(18)4-3-11-21-17/h2-11H,12-13H2,1H3,(H,22,24)(H,23,25). The van der Waals surface area contributed by atoms with Crippen molar-refractivity contribution in [3.63, 3.8) is 0 Å². The molecule has 0 aliphatic heterocycles. The Morgan fingerprint density at radius 1 is 0.963 bits per heavy atom. The Bertz CT molecular complexity index is 939. The molecule has 0 aliphatic rings. The van der Waals surface area contributed by atoms with Crippen LogP contribution in [-0.2, 0) is 9.59 Å². The van der Waals surface area contributed by atoms with E-state index in [4.69, 9.17) is 4.74 Å². The van der Waals surface area contributed by atoms with E-state index in [1.165, 1.54) is 11.8 Å². The number of ether oxygens (including phenoxy) is 1. The van der Waals surface area contributed by atoms with Crippen LogP contribution in [0, 0.1) is 0 Å². The smallest absolute Gasteiger partial charge is 0.234 e. The van der Waals surface area contributed by atoms with Crippen molar-refractivity contribution in [3.8, 4) is 5.75 Å². The zero-order chi connectivity index (χ0) is 19.1. The maximum Gasteiger partial charge on any atom is 0.234 e. The summed E-state index contributed by atoms with van der Waals surface area (Å²) in [4.78, 5) is 28.4. The zero-order valence-corrected chi connectivity index (χ0v) is 15.6. The Labute approximate surface area is 161 Å². The van der Waals surface area contributed by atoms with E-state index < -0.39 is 0 Å². The molecule has 0 atom stereocenters. The van der Waals surface area contributed by atoms with Crippen molar-refractivity contribution in [2.45, 2.75) is 0 Å². The first-order valence-electron chi connectivity index (χ1n) is 8.31. The van der Waals surface area contributed by atoms with Crippen molar-refractivity contribution in [1.29, 1.82) is 0 Å². The number of carbonyl (C=O) groups is 2. The SMILES string of the molecule is COc1ccc(NC(=O)CSCC(=O)Nc2cccc3ncccc23)cc1. The first-order valence-corrected chi connectivity index (χ1v) is 9.46. The van der Waals surface area contributed by atoms with Gasteiger partial charge in [-0.2, -0.15) is 0 Å². The largest absolute Gasteiger partial charge is 0.497 e. The predicted molar refractivity (Wildman–Crippen MR) is 109 cm³/mol. The molecule has 0 saturated heterocycles. The number of pyridine rings is 1. The molecule has 7 heteroatoms. The molecule has 0 spiro atoms. The molecule has 3 rings (SSSR count). The monoisotopic (exact) mass is 381 g/mol. The predicted octanol–water partition coefficient (Wildman–Crippen LogP) is 3.55. The van der Waals surface area contributed by atoms with Gasteiger partial charge in [-0.15, -0.1) is 11.8 Å². The summed E-state index contributed by atoms with van der Waals surface area (Å²) >= 11 is 1.26. The highest BCUT2D eigenvalue weighted by Gasteiger charge is 2.08. The Balaban J connectivity index is 1.46. The van der Waals surface area contributed by atoms with Crippen LogP contribution in [0.2, 0.25) is 0 Å². The summed E-state index contributed by atoms with van der Waals surface area (Å²) in [6.45, 7) is 0. The van der Waals surface area contributed by atoms with E-state index in [2.05, 4.69) is 15.6 Å². The fourth-order valence-corrected chi connectivity index (χ4v) is 3.12. The number of nitrogens with one attached hydrogen (secondary N) is 2.